The summed E-state index contributed by atoms with van der Waals surface area (Å²) in [5.74, 6) is 0.0508. The molecule has 1 N–H and O–H groups in total. The van der Waals surface area contributed by atoms with E-state index in [1.165, 1.54) is 4.88 Å². The largest absolute Gasteiger partial charge is 0.352 e. The molecule has 2 nitrogen and oxygen atoms in total. The molecule has 1 heterocycles. The van der Waals surface area contributed by atoms with Gasteiger partial charge in [-0.15, -0.1) is 11.3 Å². The third-order valence-electron chi connectivity index (χ3n) is 1.72. The molecule has 1 aromatic heterocycles. The molecular formula is C10H15NOS. The minimum atomic E-state index is 0.0508. The molecule has 0 atom stereocenters. The van der Waals surface area contributed by atoms with Crippen LogP contribution in [0.25, 0.3) is 0 Å². The third kappa shape index (κ3) is 2.84. The van der Waals surface area contributed by atoms with Crippen LogP contribution in [0.3, 0.4) is 0 Å². The van der Waals surface area contributed by atoms with Crippen molar-refractivity contribution >= 4 is 17.2 Å². The lowest BCUT2D eigenvalue weighted by atomic mass is 10.3. The summed E-state index contributed by atoms with van der Waals surface area (Å²) in [5.41, 5.74) is 0. The van der Waals surface area contributed by atoms with Crippen LogP contribution in [0.2, 0.25) is 0 Å². The Hall–Kier alpha value is -0.830. The zero-order valence-corrected chi connectivity index (χ0v) is 8.91. The number of carbonyl (C=O) groups is 1. The number of hydrogen-bond acceptors (Lipinski definition) is 2. The average Bonchev–Trinajstić information content (AvgIpc) is 2.54. The molecule has 0 radical (unpaired) electrons. The van der Waals surface area contributed by atoms with E-state index in [0.717, 1.165) is 17.7 Å². The minimum Gasteiger partial charge on any atom is -0.352 e. The number of aryl methyl sites for hydroxylation is 1. The standard InChI is InChI=1S/C10H15NOS/c1-3-5-8-6-7-9(13-8)10(12)11-4-2/h6-7H,3-5H2,1-2H3,(H,11,12). The van der Waals surface area contributed by atoms with E-state index in [4.69, 9.17) is 0 Å². The topological polar surface area (TPSA) is 29.1 Å². The molecule has 0 fully saturated rings. The number of carbonyl (C=O) groups excluding carboxylic acids is 1. The average molecular weight is 197 g/mol. The first kappa shape index (κ1) is 10.3. The van der Waals surface area contributed by atoms with Gasteiger partial charge < -0.3 is 5.32 Å². The highest BCUT2D eigenvalue weighted by Gasteiger charge is 2.06. The number of amides is 1. The lowest BCUT2D eigenvalue weighted by molar-refractivity contribution is 0.0960. The first-order valence-electron chi connectivity index (χ1n) is 4.64. The van der Waals surface area contributed by atoms with Crippen LogP contribution in [0.5, 0.6) is 0 Å². The predicted molar refractivity (Wildman–Crippen MR) is 56.3 cm³/mol. The van der Waals surface area contributed by atoms with Crippen LogP contribution in [0.4, 0.5) is 0 Å². The highest BCUT2D eigenvalue weighted by atomic mass is 32.1. The van der Waals surface area contributed by atoms with Gasteiger partial charge >= 0.3 is 0 Å². The second-order valence-electron chi connectivity index (χ2n) is 2.88. The van der Waals surface area contributed by atoms with E-state index in [9.17, 15) is 4.79 Å². The van der Waals surface area contributed by atoms with Crippen LogP contribution in [0.15, 0.2) is 12.1 Å². The number of thiophene rings is 1. The van der Waals surface area contributed by atoms with Gasteiger partial charge in [0.05, 0.1) is 4.88 Å². The maximum absolute atomic E-state index is 11.4. The van der Waals surface area contributed by atoms with E-state index < -0.39 is 0 Å². The van der Waals surface area contributed by atoms with Crippen LogP contribution >= 0.6 is 11.3 Å². The van der Waals surface area contributed by atoms with Crippen molar-refractivity contribution in [2.45, 2.75) is 26.7 Å². The lowest BCUT2D eigenvalue weighted by Gasteiger charge is -1.96. The van der Waals surface area contributed by atoms with E-state index in [2.05, 4.69) is 12.2 Å². The van der Waals surface area contributed by atoms with Gasteiger partial charge in [-0.25, -0.2) is 0 Å². The smallest absolute Gasteiger partial charge is 0.261 e. The van der Waals surface area contributed by atoms with Crippen LogP contribution in [-0.4, -0.2) is 12.5 Å². The van der Waals surface area contributed by atoms with E-state index in [0.29, 0.717) is 6.54 Å². The van der Waals surface area contributed by atoms with E-state index in [1.807, 2.05) is 19.1 Å². The van der Waals surface area contributed by atoms with Gasteiger partial charge in [0, 0.05) is 11.4 Å². The Balaban J connectivity index is 2.62. The van der Waals surface area contributed by atoms with Gasteiger partial charge in [-0.05, 0) is 25.5 Å². The molecule has 0 saturated carbocycles. The first-order chi connectivity index (χ1) is 6.27. The molecule has 1 amide bonds. The van der Waals surface area contributed by atoms with Crippen molar-refractivity contribution in [3.8, 4) is 0 Å². The van der Waals surface area contributed by atoms with Gasteiger partial charge in [0.25, 0.3) is 5.91 Å². The Morgan fingerprint density at radius 3 is 2.85 bits per heavy atom. The predicted octanol–water partition coefficient (Wildman–Crippen LogP) is 2.45. The summed E-state index contributed by atoms with van der Waals surface area (Å²) in [7, 11) is 0. The Morgan fingerprint density at radius 1 is 1.46 bits per heavy atom. The van der Waals surface area contributed by atoms with Crippen LogP contribution < -0.4 is 5.32 Å². The van der Waals surface area contributed by atoms with Gasteiger partial charge in [-0.3, -0.25) is 4.79 Å². The molecule has 1 aromatic rings. The quantitative estimate of drug-likeness (QED) is 0.789. The minimum absolute atomic E-state index is 0.0508. The zero-order valence-electron chi connectivity index (χ0n) is 8.09. The summed E-state index contributed by atoms with van der Waals surface area (Å²) in [6.07, 6.45) is 2.21. The van der Waals surface area contributed by atoms with Gasteiger partial charge in [-0.1, -0.05) is 13.3 Å². The Kier molecular flexibility index (Phi) is 3.96. The van der Waals surface area contributed by atoms with Crippen LogP contribution in [0.1, 0.15) is 34.8 Å². The van der Waals surface area contributed by atoms with E-state index in [-0.39, 0.29) is 5.91 Å². The fourth-order valence-electron chi connectivity index (χ4n) is 1.13. The molecule has 0 aliphatic rings. The van der Waals surface area contributed by atoms with Crippen molar-refractivity contribution < 1.29 is 4.79 Å². The molecule has 0 saturated heterocycles. The van der Waals surface area contributed by atoms with Gasteiger partial charge in [0.15, 0.2) is 0 Å². The molecule has 0 unspecified atom stereocenters. The van der Waals surface area contributed by atoms with Crippen molar-refractivity contribution in [3.05, 3.63) is 21.9 Å². The van der Waals surface area contributed by atoms with Gasteiger partial charge in [-0.2, -0.15) is 0 Å². The molecule has 0 aliphatic carbocycles. The molecular weight excluding hydrogens is 182 g/mol. The molecule has 0 aliphatic heterocycles. The van der Waals surface area contributed by atoms with Crippen LogP contribution in [0, 0.1) is 0 Å². The first-order valence-corrected chi connectivity index (χ1v) is 5.46. The monoisotopic (exact) mass is 197 g/mol. The molecule has 13 heavy (non-hydrogen) atoms. The number of hydrogen-bond donors (Lipinski definition) is 1. The molecule has 1 rings (SSSR count). The third-order valence-corrected chi connectivity index (χ3v) is 2.86. The van der Waals surface area contributed by atoms with Gasteiger partial charge in [0.1, 0.15) is 0 Å². The van der Waals surface area contributed by atoms with Crippen LogP contribution in [-0.2, 0) is 6.42 Å². The van der Waals surface area contributed by atoms with Crippen molar-refractivity contribution in [2.24, 2.45) is 0 Å². The number of nitrogens with one attached hydrogen (secondary N) is 1. The Morgan fingerprint density at radius 2 is 2.23 bits per heavy atom. The zero-order chi connectivity index (χ0) is 9.68. The summed E-state index contributed by atoms with van der Waals surface area (Å²) in [6.45, 7) is 4.77. The van der Waals surface area contributed by atoms with Crippen molar-refractivity contribution in [1.82, 2.24) is 5.32 Å². The second kappa shape index (κ2) is 5.02. The highest BCUT2D eigenvalue weighted by molar-refractivity contribution is 7.14. The lowest BCUT2D eigenvalue weighted by Crippen LogP contribution is -2.21. The van der Waals surface area contributed by atoms with Crippen molar-refractivity contribution in [3.63, 3.8) is 0 Å². The molecule has 0 aromatic carbocycles. The maximum Gasteiger partial charge on any atom is 0.261 e. The summed E-state index contributed by atoms with van der Waals surface area (Å²) in [4.78, 5) is 13.5. The summed E-state index contributed by atoms with van der Waals surface area (Å²) in [5, 5.41) is 2.79. The van der Waals surface area contributed by atoms with Crippen molar-refractivity contribution in [1.29, 1.82) is 0 Å². The van der Waals surface area contributed by atoms with E-state index >= 15 is 0 Å². The summed E-state index contributed by atoms with van der Waals surface area (Å²) < 4.78 is 0. The van der Waals surface area contributed by atoms with E-state index in [1.54, 1.807) is 11.3 Å². The molecule has 3 heteroatoms. The Bertz CT molecular complexity index is 280. The second-order valence-corrected chi connectivity index (χ2v) is 4.04. The normalized spacial score (nSPS) is 10.0. The van der Waals surface area contributed by atoms with Crippen molar-refractivity contribution in [2.75, 3.05) is 6.54 Å². The summed E-state index contributed by atoms with van der Waals surface area (Å²) in [6, 6.07) is 3.94. The molecule has 0 spiro atoms. The summed E-state index contributed by atoms with van der Waals surface area (Å²) >= 11 is 1.59. The Labute approximate surface area is 83.0 Å². The number of rotatable bonds is 4. The fraction of sp³-hybridized carbons (Fsp3) is 0.500. The SMILES string of the molecule is CCCc1ccc(C(=O)NCC)s1. The fourth-order valence-corrected chi connectivity index (χ4v) is 2.15. The maximum atomic E-state index is 11.4. The molecule has 72 valence electrons. The highest BCUT2D eigenvalue weighted by Crippen LogP contribution is 2.17. The molecule has 0 bridgehead atoms. The van der Waals surface area contributed by atoms with Gasteiger partial charge in [0.2, 0.25) is 0 Å².